The number of nitrogens with zero attached hydrogens (tertiary/aromatic N) is 2. The molecule has 96 valence electrons. The highest BCUT2D eigenvalue weighted by Gasteiger charge is 2.09. The van der Waals surface area contributed by atoms with Gasteiger partial charge in [0.05, 0.1) is 23.7 Å². The second-order valence-electron chi connectivity index (χ2n) is 3.53. The average Bonchev–Trinajstić information content (AvgIpc) is 2.78. The van der Waals surface area contributed by atoms with Crippen molar-refractivity contribution in [2.75, 3.05) is 0 Å². The van der Waals surface area contributed by atoms with Crippen LogP contribution in [0.1, 0.15) is 11.3 Å². The Morgan fingerprint density at radius 1 is 1.58 bits per heavy atom. The van der Waals surface area contributed by atoms with Gasteiger partial charge in [0.15, 0.2) is 4.34 Å². The molecule has 4 nitrogen and oxygen atoms in total. The summed E-state index contributed by atoms with van der Waals surface area (Å²) in [5.74, 6) is -0.888. The van der Waals surface area contributed by atoms with Crippen LogP contribution in [0, 0.1) is 11.3 Å². The van der Waals surface area contributed by atoms with Crippen molar-refractivity contribution < 1.29 is 9.90 Å². The summed E-state index contributed by atoms with van der Waals surface area (Å²) >= 11 is 6.25. The molecule has 0 aliphatic heterocycles. The highest BCUT2D eigenvalue weighted by atomic mass is 79.9. The fourth-order valence-corrected chi connectivity index (χ4v) is 3.73. The number of thiazole rings is 1. The molecule has 0 amide bonds. The summed E-state index contributed by atoms with van der Waals surface area (Å²) in [7, 11) is 0. The van der Waals surface area contributed by atoms with Crippen LogP contribution in [0.25, 0.3) is 0 Å². The first-order valence-corrected chi connectivity index (χ1v) is 7.61. The summed E-state index contributed by atoms with van der Waals surface area (Å²) in [5.41, 5.74) is 1.15. The van der Waals surface area contributed by atoms with Gasteiger partial charge in [-0.25, -0.2) is 4.98 Å². The van der Waals surface area contributed by atoms with Crippen LogP contribution in [0.3, 0.4) is 0 Å². The molecule has 7 heteroatoms. The molecule has 1 aromatic carbocycles. The minimum atomic E-state index is -0.888. The molecule has 2 aromatic rings. The van der Waals surface area contributed by atoms with Crippen molar-refractivity contribution in [3.8, 4) is 6.07 Å². The maximum Gasteiger partial charge on any atom is 0.309 e. The molecule has 0 bridgehead atoms. The van der Waals surface area contributed by atoms with Gasteiger partial charge < -0.3 is 5.11 Å². The molecule has 0 spiro atoms. The molecule has 0 radical (unpaired) electrons. The number of halogens is 1. The molecular weight excluding hydrogens is 348 g/mol. The summed E-state index contributed by atoms with van der Waals surface area (Å²) in [6.45, 7) is 0. The van der Waals surface area contributed by atoms with Crippen LogP contribution >= 0.6 is 39.0 Å². The molecular formula is C12H7BrN2O2S2. The third-order valence-electron chi connectivity index (χ3n) is 2.12. The molecule has 0 aliphatic rings. The maximum absolute atomic E-state index is 10.6. The molecule has 0 unspecified atom stereocenters. The number of hydrogen-bond acceptors (Lipinski definition) is 5. The molecule has 19 heavy (non-hydrogen) atoms. The molecule has 0 saturated heterocycles. The van der Waals surface area contributed by atoms with Crippen molar-refractivity contribution in [2.24, 2.45) is 0 Å². The predicted octanol–water partition coefficient (Wildman–Crippen LogP) is 3.56. The van der Waals surface area contributed by atoms with E-state index >= 15 is 0 Å². The standard InChI is InChI=1S/C12H7BrN2O2S2/c13-9-3-7(5-14)1-2-10(9)19-12-15-8(6-18-12)4-11(16)17/h1-3,6H,4H2,(H,16,17). The second-order valence-corrected chi connectivity index (χ2v) is 6.54. The number of benzene rings is 1. The first-order chi connectivity index (χ1) is 9.08. The van der Waals surface area contributed by atoms with Gasteiger partial charge in [-0.3, -0.25) is 4.79 Å². The normalized spacial score (nSPS) is 10.1. The third-order valence-corrected chi connectivity index (χ3v) is 5.10. The van der Waals surface area contributed by atoms with Gasteiger partial charge in [-0.2, -0.15) is 5.26 Å². The average molecular weight is 355 g/mol. The van der Waals surface area contributed by atoms with Crippen LogP contribution in [0.5, 0.6) is 0 Å². The zero-order valence-corrected chi connectivity index (χ0v) is 12.7. The Morgan fingerprint density at radius 3 is 3.00 bits per heavy atom. The summed E-state index contributed by atoms with van der Waals surface area (Å²) in [5, 5.41) is 19.2. The molecule has 0 atom stereocenters. The van der Waals surface area contributed by atoms with Crippen LogP contribution in [0.2, 0.25) is 0 Å². The van der Waals surface area contributed by atoms with Crippen molar-refractivity contribution in [3.05, 3.63) is 39.3 Å². The smallest absolute Gasteiger partial charge is 0.309 e. The summed E-state index contributed by atoms with van der Waals surface area (Å²) in [6.07, 6.45) is -0.0639. The van der Waals surface area contributed by atoms with E-state index in [1.807, 2.05) is 6.07 Å². The maximum atomic E-state index is 10.6. The van der Waals surface area contributed by atoms with Crippen LogP contribution in [0.15, 0.2) is 37.3 Å². The number of carbonyl (C=O) groups is 1. The summed E-state index contributed by atoms with van der Waals surface area (Å²) < 4.78 is 1.60. The Bertz CT molecular complexity index is 664. The van der Waals surface area contributed by atoms with Crippen LogP contribution in [-0.4, -0.2) is 16.1 Å². The quantitative estimate of drug-likeness (QED) is 0.908. The predicted molar refractivity (Wildman–Crippen MR) is 76.4 cm³/mol. The fraction of sp³-hybridized carbons (Fsp3) is 0.0833. The van der Waals surface area contributed by atoms with Gasteiger partial charge in [0.25, 0.3) is 0 Å². The number of nitriles is 1. The van der Waals surface area contributed by atoms with Crippen molar-refractivity contribution in [3.63, 3.8) is 0 Å². The lowest BCUT2D eigenvalue weighted by atomic mass is 10.2. The fourth-order valence-electron chi connectivity index (χ4n) is 1.32. The highest BCUT2D eigenvalue weighted by Crippen LogP contribution is 2.35. The summed E-state index contributed by atoms with van der Waals surface area (Å²) in [6, 6.07) is 7.39. The number of hydrogen-bond donors (Lipinski definition) is 1. The SMILES string of the molecule is N#Cc1ccc(Sc2nc(CC(=O)O)cs2)c(Br)c1. The first kappa shape index (κ1) is 14.1. The van der Waals surface area contributed by atoms with E-state index in [2.05, 4.69) is 27.0 Å². The van der Waals surface area contributed by atoms with Gasteiger partial charge >= 0.3 is 5.97 Å². The lowest BCUT2D eigenvalue weighted by Crippen LogP contribution is -1.99. The second kappa shape index (κ2) is 6.19. The van der Waals surface area contributed by atoms with Crippen molar-refractivity contribution in [2.45, 2.75) is 15.7 Å². The Labute approximate surface area is 126 Å². The summed E-state index contributed by atoms with van der Waals surface area (Å²) in [4.78, 5) is 15.8. The van der Waals surface area contributed by atoms with E-state index in [9.17, 15) is 4.79 Å². The van der Waals surface area contributed by atoms with Crippen LogP contribution < -0.4 is 0 Å². The lowest BCUT2D eigenvalue weighted by Gasteiger charge is -2.01. The largest absolute Gasteiger partial charge is 0.481 e. The van der Waals surface area contributed by atoms with Crippen LogP contribution in [-0.2, 0) is 11.2 Å². The molecule has 1 aromatic heterocycles. The van der Waals surface area contributed by atoms with E-state index in [4.69, 9.17) is 10.4 Å². The lowest BCUT2D eigenvalue weighted by molar-refractivity contribution is -0.136. The zero-order valence-electron chi connectivity index (χ0n) is 9.46. The van der Waals surface area contributed by atoms with Gasteiger partial charge in [0, 0.05) is 14.7 Å². The molecule has 1 heterocycles. The minimum Gasteiger partial charge on any atom is -0.481 e. The molecule has 0 saturated carbocycles. The van der Waals surface area contributed by atoms with E-state index in [-0.39, 0.29) is 6.42 Å². The van der Waals surface area contributed by atoms with E-state index < -0.39 is 5.97 Å². The number of carboxylic acids is 1. The molecule has 0 aliphatic carbocycles. The molecule has 0 fully saturated rings. The number of carboxylic acid groups (broad SMARTS) is 1. The van der Waals surface area contributed by atoms with Gasteiger partial charge in [0.1, 0.15) is 0 Å². The minimum absolute atomic E-state index is 0.0639. The zero-order chi connectivity index (χ0) is 13.8. The Kier molecular flexibility index (Phi) is 4.58. The van der Waals surface area contributed by atoms with Gasteiger partial charge in [-0.1, -0.05) is 11.8 Å². The Hall–Kier alpha value is -1.36. The molecule has 1 N–H and O–H groups in total. The van der Waals surface area contributed by atoms with E-state index in [0.29, 0.717) is 11.3 Å². The highest BCUT2D eigenvalue weighted by molar-refractivity contribution is 9.10. The number of aromatic nitrogens is 1. The van der Waals surface area contributed by atoms with Gasteiger partial charge in [0.2, 0.25) is 0 Å². The first-order valence-electron chi connectivity index (χ1n) is 5.12. The van der Waals surface area contributed by atoms with E-state index in [0.717, 1.165) is 13.7 Å². The van der Waals surface area contributed by atoms with E-state index in [1.54, 1.807) is 17.5 Å². The van der Waals surface area contributed by atoms with E-state index in [1.165, 1.54) is 23.1 Å². The third kappa shape index (κ3) is 3.80. The van der Waals surface area contributed by atoms with Crippen molar-refractivity contribution in [1.82, 2.24) is 4.98 Å². The number of aliphatic carboxylic acids is 1. The number of rotatable bonds is 4. The van der Waals surface area contributed by atoms with Crippen LogP contribution in [0.4, 0.5) is 0 Å². The van der Waals surface area contributed by atoms with Gasteiger partial charge in [-0.15, -0.1) is 11.3 Å². The van der Waals surface area contributed by atoms with Crippen molar-refractivity contribution in [1.29, 1.82) is 5.26 Å². The van der Waals surface area contributed by atoms with Gasteiger partial charge in [-0.05, 0) is 34.1 Å². The topological polar surface area (TPSA) is 74.0 Å². The molecule has 2 rings (SSSR count). The Morgan fingerprint density at radius 2 is 2.37 bits per heavy atom. The van der Waals surface area contributed by atoms with Crippen molar-refractivity contribution >= 4 is 45.0 Å². The monoisotopic (exact) mass is 354 g/mol. The Balaban J connectivity index is 2.15.